The van der Waals surface area contributed by atoms with Crippen LogP contribution in [0.5, 0.6) is 0 Å². The molecule has 1 aliphatic rings. The highest BCUT2D eigenvalue weighted by Gasteiger charge is 2.32. The molecule has 2 rings (SSSR count). The van der Waals surface area contributed by atoms with Crippen LogP contribution in [-0.2, 0) is 9.84 Å². The van der Waals surface area contributed by atoms with E-state index in [2.05, 4.69) is 26.1 Å². The molecule has 1 aromatic carbocycles. The molecule has 0 saturated heterocycles. The van der Waals surface area contributed by atoms with Crippen LogP contribution in [0, 0.1) is 11.3 Å². The third-order valence-electron chi connectivity index (χ3n) is 4.64. The van der Waals surface area contributed by atoms with Gasteiger partial charge in [-0.05, 0) is 42.7 Å². The lowest BCUT2D eigenvalue weighted by Crippen LogP contribution is -2.37. The molecule has 0 heterocycles. The standard InChI is InChI=1S/C17H27NO2S/c1-5-21(19,20)16-9-7-6-8-15(16)18-14-10-11-17(3,4)12-13(14)2/h6-9,13-14,18H,5,10-12H2,1-4H3. The van der Waals surface area contributed by atoms with Crippen LogP contribution in [0.4, 0.5) is 5.69 Å². The van der Waals surface area contributed by atoms with E-state index in [-0.39, 0.29) is 5.75 Å². The zero-order chi connectivity index (χ0) is 15.7. The Morgan fingerprint density at radius 3 is 2.57 bits per heavy atom. The summed E-state index contributed by atoms with van der Waals surface area (Å²) in [4.78, 5) is 0.435. The summed E-state index contributed by atoms with van der Waals surface area (Å²) in [6, 6.07) is 7.63. The maximum Gasteiger partial charge on any atom is 0.180 e. The van der Waals surface area contributed by atoms with Crippen LogP contribution in [0.1, 0.15) is 47.0 Å². The smallest absolute Gasteiger partial charge is 0.180 e. The van der Waals surface area contributed by atoms with E-state index in [1.165, 1.54) is 12.8 Å². The lowest BCUT2D eigenvalue weighted by atomic mass is 9.70. The van der Waals surface area contributed by atoms with Crippen molar-refractivity contribution in [3.05, 3.63) is 24.3 Å². The minimum atomic E-state index is -3.18. The molecule has 1 aliphatic carbocycles. The molecular weight excluding hydrogens is 282 g/mol. The van der Waals surface area contributed by atoms with Gasteiger partial charge < -0.3 is 5.32 Å². The van der Waals surface area contributed by atoms with Gasteiger partial charge in [0.1, 0.15) is 0 Å². The Labute approximate surface area is 129 Å². The molecule has 1 aromatic rings. The Morgan fingerprint density at radius 1 is 1.29 bits per heavy atom. The summed E-state index contributed by atoms with van der Waals surface area (Å²) in [7, 11) is -3.18. The Morgan fingerprint density at radius 2 is 1.95 bits per heavy atom. The summed E-state index contributed by atoms with van der Waals surface area (Å²) in [6.45, 7) is 8.58. The third-order valence-corrected chi connectivity index (χ3v) is 6.42. The number of benzene rings is 1. The van der Waals surface area contributed by atoms with Gasteiger partial charge in [-0.15, -0.1) is 0 Å². The molecule has 1 fully saturated rings. The van der Waals surface area contributed by atoms with Crippen molar-refractivity contribution < 1.29 is 8.42 Å². The van der Waals surface area contributed by atoms with Gasteiger partial charge in [-0.25, -0.2) is 8.42 Å². The maximum atomic E-state index is 12.2. The van der Waals surface area contributed by atoms with Gasteiger partial charge in [0.05, 0.1) is 16.3 Å². The fourth-order valence-electron chi connectivity index (χ4n) is 3.37. The molecular formula is C17H27NO2S. The molecule has 0 radical (unpaired) electrons. The number of nitrogens with one attached hydrogen (secondary N) is 1. The van der Waals surface area contributed by atoms with Gasteiger partial charge in [-0.3, -0.25) is 0 Å². The van der Waals surface area contributed by atoms with Crippen LogP contribution >= 0.6 is 0 Å². The van der Waals surface area contributed by atoms with Crippen molar-refractivity contribution in [3.63, 3.8) is 0 Å². The van der Waals surface area contributed by atoms with Gasteiger partial charge in [0.25, 0.3) is 0 Å². The number of hydrogen-bond acceptors (Lipinski definition) is 3. The molecule has 4 heteroatoms. The van der Waals surface area contributed by atoms with Gasteiger partial charge in [0.2, 0.25) is 0 Å². The predicted molar refractivity (Wildman–Crippen MR) is 88.4 cm³/mol. The Hall–Kier alpha value is -1.03. The first kappa shape index (κ1) is 16.3. The summed E-state index contributed by atoms with van der Waals surface area (Å²) in [5, 5.41) is 3.50. The number of rotatable bonds is 4. The van der Waals surface area contributed by atoms with Gasteiger partial charge in [-0.2, -0.15) is 0 Å². The summed E-state index contributed by atoms with van der Waals surface area (Å²) in [5.41, 5.74) is 1.16. The fourth-order valence-corrected chi connectivity index (χ4v) is 4.43. The highest BCUT2D eigenvalue weighted by atomic mass is 32.2. The number of para-hydroxylation sites is 1. The summed E-state index contributed by atoms with van der Waals surface area (Å²) in [6.07, 6.45) is 3.44. The van der Waals surface area contributed by atoms with Crippen molar-refractivity contribution in [2.24, 2.45) is 11.3 Å². The quantitative estimate of drug-likeness (QED) is 0.910. The van der Waals surface area contributed by atoms with Crippen molar-refractivity contribution in [2.45, 2.75) is 57.9 Å². The van der Waals surface area contributed by atoms with Crippen molar-refractivity contribution in [1.29, 1.82) is 0 Å². The maximum absolute atomic E-state index is 12.2. The van der Waals surface area contributed by atoms with Gasteiger partial charge in [0.15, 0.2) is 9.84 Å². The summed E-state index contributed by atoms with van der Waals surface area (Å²) < 4.78 is 24.4. The van der Waals surface area contributed by atoms with E-state index in [4.69, 9.17) is 0 Å². The lowest BCUT2D eigenvalue weighted by Gasteiger charge is -2.40. The Bertz CT molecular complexity index is 593. The first-order valence-electron chi connectivity index (χ1n) is 7.83. The van der Waals surface area contributed by atoms with Gasteiger partial charge >= 0.3 is 0 Å². The third kappa shape index (κ3) is 3.79. The van der Waals surface area contributed by atoms with Gasteiger partial charge in [-0.1, -0.05) is 39.8 Å². The minimum Gasteiger partial charge on any atom is -0.381 e. The molecule has 2 atom stereocenters. The SMILES string of the molecule is CCS(=O)(=O)c1ccccc1NC1CCC(C)(C)CC1C. The van der Waals surface area contributed by atoms with Crippen LogP contribution in [0.2, 0.25) is 0 Å². The minimum absolute atomic E-state index is 0.138. The molecule has 21 heavy (non-hydrogen) atoms. The second-order valence-corrected chi connectivity index (χ2v) is 9.28. The average Bonchev–Trinajstić information content (AvgIpc) is 2.42. The molecule has 0 spiro atoms. The molecule has 0 bridgehead atoms. The monoisotopic (exact) mass is 309 g/mol. The molecule has 1 saturated carbocycles. The largest absolute Gasteiger partial charge is 0.381 e. The molecule has 0 amide bonds. The molecule has 3 nitrogen and oxygen atoms in total. The van der Waals surface area contributed by atoms with E-state index in [0.29, 0.717) is 22.3 Å². The van der Waals surface area contributed by atoms with Crippen LogP contribution in [0.3, 0.4) is 0 Å². The van der Waals surface area contributed by atoms with Gasteiger partial charge in [0, 0.05) is 6.04 Å². The highest BCUT2D eigenvalue weighted by Crippen LogP contribution is 2.40. The summed E-state index contributed by atoms with van der Waals surface area (Å²) >= 11 is 0. The van der Waals surface area contributed by atoms with Crippen molar-refractivity contribution in [1.82, 2.24) is 0 Å². The summed E-state index contributed by atoms with van der Waals surface area (Å²) in [5.74, 6) is 0.685. The predicted octanol–water partition coefficient (Wildman–Crippen LogP) is 4.11. The van der Waals surface area contributed by atoms with E-state index in [1.807, 2.05) is 12.1 Å². The van der Waals surface area contributed by atoms with Crippen molar-refractivity contribution in [3.8, 4) is 0 Å². The average molecular weight is 309 g/mol. The second-order valence-electron chi connectivity index (χ2n) is 7.03. The highest BCUT2D eigenvalue weighted by molar-refractivity contribution is 7.91. The topological polar surface area (TPSA) is 46.2 Å². The van der Waals surface area contributed by atoms with Crippen LogP contribution in [0.25, 0.3) is 0 Å². The van der Waals surface area contributed by atoms with E-state index in [9.17, 15) is 8.42 Å². The van der Waals surface area contributed by atoms with Crippen LogP contribution < -0.4 is 5.32 Å². The van der Waals surface area contributed by atoms with Crippen LogP contribution in [0.15, 0.2) is 29.2 Å². The van der Waals surface area contributed by atoms with E-state index in [1.54, 1.807) is 19.1 Å². The molecule has 2 unspecified atom stereocenters. The van der Waals surface area contributed by atoms with Crippen molar-refractivity contribution in [2.75, 3.05) is 11.1 Å². The normalized spacial score (nSPS) is 25.5. The fraction of sp³-hybridized carbons (Fsp3) is 0.647. The van der Waals surface area contributed by atoms with Crippen LogP contribution in [-0.4, -0.2) is 20.2 Å². The number of hydrogen-bond donors (Lipinski definition) is 1. The van der Waals surface area contributed by atoms with E-state index in [0.717, 1.165) is 12.1 Å². The number of sulfone groups is 1. The molecule has 1 N–H and O–H groups in total. The zero-order valence-electron chi connectivity index (χ0n) is 13.5. The van der Waals surface area contributed by atoms with E-state index >= 15 is 0 Å². The number of anilines is 1. The van der Waals surface area contributed by atoms with E-state index < -0.39 is 9.84 Å². The second kappa shape index (κ2) is 5.99. The Kier molecular flexibility index (Phi) is 4.66. The Balaban J connectivity index is 2.22. The first-order valence-corrected chi connectivity index (χ1v) is 9.49. The lowest BCUT2D eigenvalue weighted by molar-refractivity contribution is 0.177. The molecule has 118 valence electrons. The molecule has 0 aromatic heterocycles. The first-order chi connectivity index (χ1) is 9.75. The zero-order valence-corrected chi connectivity index (χ0v) is 14.3. The van der Waals surface area contributed by atoms with Crippen molar-refractivity contribution >= 4 is 15.5 Å². The molecule has 0 aliphatic heterocycles.